The molecule has 2 aromatic carbocycles. The van der Waals surface area contributed by atoms with E-state index >= 15 is 0 Å². The molecule has 7 nitrogen and oxygen atoms in total. The fourth-order valence-corrected chi connectivity index (χ4v) is 3.52. The van der Waals surface area contributed by atoms with Gasteiger partial charge in [-0.2, -0.15) is 0 Å². The molecule has 0 fully saturated rings. The maximum absolute atomic E-state index is 12.6. The Labute approximate surface area is 148 Å². The van der Waals surface area contributed by atoms with Gasteiger partial charge in [-0.15, -0.1) is 0 Å². The van der Waals surface area contributed by atoms with Gasteiger partial charge in [-0.05, 0) is 42.5 Å². The Hall–Kier alpha value is -3.35. The van der Waals surface area contributed by atoms with Crippen LogP contribution >= 0.6 is 0 Å². The van der Waals surface area contributed by atoms with E-state index in [9.17, 15) is 24.5 Å². The topological polar surface area (TPSA) is 97.6 Å². The number of aryl methyl sites for hydroxylation is 2. The molecule has 130 valence electrons. The highest BCUT2D eigenvalue weighted by Crippen LogP contribution is 2.27. The number of nitro benzene ring substituents is 1. The summed E-state index contributed by atoms with van der Waals surface area (Å²) in [5.41, 5.74) is 2.61. The summed E-state index contributed by atoms with van der Waals surface area (Å²) in [7, 11) is 0. The van der Waals surface area contributed by atoms with E-state index in [-0.39, 0.29) is 29.1 Å². The van der Waals surface area contributed by atoms with Crippen molar-refractivity contribution in [3.63, 3.8) is 0 Å². The molecule has 0 saturated carbocycles. The normalized spacial score (nSPS) is 15.2. The van der Waals surface area contributed by atoms with Gasteiger partial charge in [-0.3, -0.25) is 29.4 Å². The average molecular weight is 350 g/mol. The van der Waals surface area contributed by atoms with E-state index in [1.807, 2.05) is 12.1 Å². The molecule has 26 heavy (non-hydrogen) atoms. The lowest BCUT2D eigenvalue weighted by atomic mass is 10.0. The van der Waals surface area contributed by atoms with Gasteiger partial charge in [0.05, 0.1) is 22.6 Å². The Morgan fingerprint density at radius 2 is 1.73 bits per heavy atom. The summed E-state index contributed by atoms with van der Waals surface area (Å²) in [5.74, 6) is -1.61. The zero-order valence-corrected chi connectivity index (χ0v) is 13.7. The minimum Gasteiger partial charge on any atom is -0.292 e. The highest BCUT2D eigenvalue weighted by molar-refractivity contribution is 6.23. The van der Waals surface area contributed by atoms with Crippen molar-refractivity contribution in [3.05, 3.63) is 74.3 Å². The quantitative estimate of drug-likeness (QED) is 0.365. The highest BCUT2D eigenvalue weighted by atomic mass is 16.6. The van der Waals surface area contributed by atoms with Gasteiger partial charge >= 0.3 is 0 Å². The molecular weight excluding hydrogens is 336 g/mol. The Morgan fingerprint density at radius 1 is 1.00 bits per heavy atom. The van der Waals surface area contributed by atoms with Gasteiger partial charge in [0.1, 0.15) is 0 Å². The summed E-state index contributed by atoms with van der Waals surface area (Å²) >= 11 is 0. The van der Waals surface area contributed by atoms with E-state index in [1.165, 1.54) is 17.7 Å². The molecule has 0 atom stereocenters. The third kappa shape index (κ3) is 2.48. The molecule has 4 rings (SSSR count). The molecule has 0 N–H and O–H groups in total. The molecule has 2 aromatic rings. The van der Waals surface area contributed by atoms with Crippen molar-refractivity contribution >= 4 is 23.3 Å². The molecule has 7 heteroatoms. The van der Waals surface area contributed by atoms with Crippen molar-refractivity contribution in [2.45, 2.75) is 19.3 Å². The number of nitrogens with zero attached hydrogens (tertiary/aromatic N) is 2. The van der Waals surface area contributed by atoms with Crippen LogP contribution in [-0.4, -0.2) is 34.0 Å². The molecule has 2 aliphatic rings. The molecule has 1 aliphatic carbocycles. The first-order valence-corrected chi connectivity index (χ1v) is 8.25. The zero-order valence-electron chi connectivity index (χ0n) is 13.7. The summed E-state index contributed by atoms with van der Waals surface area (Å²) in [6.07, 6.45) is 2.98. The molecule has 2 amide bonds. The van der Waals surface area contributed by atoms with E-state index in [0.29, 0.717) is 5.56 Å². The van der Waals surface area contributed by atoms with E-state index in [2.05, 4.69) is 0 Å². The largest absolute Gasteiger partial charge is 0.292 e. The number of non-ortho nitro benzene ring substituents is 1. The van der Waals surface area contributed by atoms with Gasteiger partial charge in [-0.25, -0.2) is 0 Å². The summed E-state index contributed by atoms with van der Waals surface area (Å²) in [6, 6.07) is 8.98. The first-order valence-electron chi connectivity index (χ1n) is 8.25. The number of hydrogen-bond acceptors (Lipinski definition) is 5. The number of benzene rings is 2. The van der Waals surface area contributed by atoms with Gasteiger partial charge in [0, 0.05) is 17.7 Å². The van der Waals surface area contributed by atoms with Crippen molar-refractivity contribution in [1.29, 1.82) is 0 Å². The fraction of sp³-hybridized carbons (Fsp3) is 0.211. The van der Waals surface area contributed by atoms with Crippen LogP contribution in [0.1, 0.15) is 48.6 Å². The minimum atomic E-state index is -0.678. The Balaban J connectivity index is 1.59. The summed E-state index contributed by atoms with van der Waals surface area (Å²) < 4.78 is 0. The van der Waals surface area contributed by atoms with Crippen molar-refractivity contribution in [1.82, 2.24) is 4.90 Å². The molecular formula is C19H14N2O5. The summed E-state index contributed by atoms with van der Waals surface area (Å²) in [4.78, 5) is 48.5. The lowest BCUT2D eigenvalue weighted by Crippen LogP contribution is -2.34. The van der Waals surface area contributed by atoms with Crippen LogP contribution in [-0.2, 0) is 12.8 Å². The van der Waals surface area contributed by atoms with Gasteiger partial charge in [0.15, 0.2) is 5.78 Å². The van der Waals surface area contributed by atoms with E-state index in [0.717, 1.165) is 35.8 Å². The highest BCUT2D eigenvalue weighted by Gasteiger charge is 2.38. The molecule has 0 bridgehead atoms. The number of carbonyl (C=O) groups is 3. The predicted molar refractivity (Wildman–Crippen MR) is 91.3 cm³/mol. The smallest absolute Gasteiger partial charge is 0.270 e. The van der Waals surface area contributed by atoms with Crippen molar-refractivity contribution in [2.75, 3.05) is 6.54 Å². The van der Waals surface area contributed by atoms with E-state index in [4.69, 9.17) is 0 Å². The fourth-order valence-electron chi connectivity index (χ4n) is 3.52. The molecule has 1 heterocycles. The van der Waals surface area contributed by atoms with Gasteiger partial charge < -0.3 is 0 Å². The standard InChI is InChI=1S/C19H14N2O5/c22-17(13-5-4-11-2-1-3-12(11)8-13)10-20-18(23)15-7-6-14(21(25)26)9-16(15)19(20)24/h4-9H,1-3,10H2. The zero-order chi connectivity index (χ0) is 18.4. The Kier molecular flexibility index (Phi) is 3.64. The van der Waals surface area contributed by atoms with Crippen LogP contribution in [0.15, 0.2) is 36.4 Å². The maximum atomic E-state index is 12.6. The number of ketones is 1. The van der Waals surface area contributed by atoms with Crippen LogP contribution in [0.3, 0.4) is 0 Å². The Bertz CT molecular complexity index is 995. The number of amides is 2. The number of fused-ring (bicyclic) bond motifs is 2. The van der Waals surface area contributed by atoms with Gasteiger partial charge in [0.2, 0.25) is 0 Å². The van der Waals surface area contributed by atoms with Gasteiger partial charge in [0.25, 0.3) is 17.5 Å². The lowest BCUT2D eigenvalue weighted by molar-refractivity contribution is -0.384. The molecule has 0 spiro atoms. The first kappa shape index (κ1) is 16.1. The summed E-state index contributed by atoms with van der Waals surface area (Å²) in [5, 5.41) is 10.9. The molecule has 1 aliphatic heterocycles. The van der Waals surface area contributed by atoms with Crippen LogP contribution in [0.4, 0.5) is 5.69 Å². The average Bonchev–Trinajstić information content (AvgIpc) is 3.19. The second kappa shape index (κ2) is 5.87. The van der Waals surface area contributed by atoms with Crippen LogP contribution in [0.5, 0.6) is 0 Å². The third-order valence-corrected chi connectivity index (χ3v) is 4.89. The predicted octanol–water partition coefficient (Wildman–Crippen LogP) is 2.56. The maximum Gasteiger partial charge on any atom is 0.270 e. The second-order valence-electron chi connectivity index (χ2n) is 6.44. The number of imide groups is 1. The molecule has 0 saturated heterocycles. The van der Waals surface area contributed by atoms with Crippen LogP contribution in [0.25, 0.3) is 0 Å². The number of nitro groups is 1. The molecule has 0 unspecified atom stereocenters. The number of rotatable bonds is 4. The number of Topliss-reactive ketones (excluding diaryl/α,β-unsaturated/α-hetero) is 1. The van der Waals surface area contributed by atoms with Gasteiger partial charge in [-0.1, -0.05) is 12.1 Å². The van der Waals surface area contributed by atoms with Crippen molar-refractivity contribution in [3.8, 4) is 0 Å². The second-order valence-corrected chi connectivity index (χ2v) is 6.44. The SMILES string of the molecule is O=C(CN1C(=O)c2ccc([N+](=O)[O-])cc2C1=O)c1ccc2c(c1)CCC2. The Morgan fingerprint density at radius 3 is 2.50 bits per heavy atom. The summed E-state index contributed by atoms with van der Waals surface area (Å²) in [6.45, 7) is -0.376. The van der Waals surface area contributed by atoms with E-state index < -0.39 is 16.7 Å². The van der Waals surface area contributed by atoms with Crippen LogP contribution < -0.4 is 0 Å². The molecule has 0 radical (unpaired) electrons. The van der Waals surface area contributed by atoms with Crippen LogP contribution in [0, 0.1) is 10.1 Å². The molecule has 0 aromatic heterocycles. The third-order valence-electron chi connectivity index (χ3n) is 4.89. The van der Waals surface area contributed by atoms with Crippen molar-refractivity contribution in [2.24, 2.45) is 0 Å². The minimum absolute atomic E-state index is 0.0362. The lowest BCUT2D eigenvalue weighted by Gasteiger charge is -2.13. The monoisotopic (exact) mass is 350 g/mol. The number of carbonyl (C=O) groups excluding carboxylic acids is 3. The van der Waals surface area contributed by atoms with Crippen LogP contribution in [0.2, 0.25) is 0 Å². The number of hydrogen-bond donors (Lipinski definition) is 0. The first-order chi connectivity index (χ1) is 12.5. The van der Waals surface area contributed by atoms with Crippen molar-refractivity contribution < 1.29 is 19.3 Å². The van der Waals surface area contributed by atoms with E-state index in [1.54, 1.807) is 6.07 Å².